The van der Waals surface area contributed by atoms with Crippen molar-refractivity contribution in [1.82, 2.24) is 10.2 Å². The molecular formula is C16H22N2O3. The monoisotopic (exact) mass is 290 g/mol. The van der Waals surface area contributed by atoms with Gasteiger partial charge >= 0.3 is 12.0 Å². The molecule has 5 nitrogen and oxygen atoms in total. The predicted molar refractivity (Wildman–Crippen MR) is 83.0 cm³/mol. The molecule has 0 heterocycles. The number of rotatable bonds is 7. The van der Waals surface area contributed by atoms with Gasteiger partial charge in [-0.05, 0) is 18.9 Å². The van der Waals surface area contributed by atoms with E-state index in [1.54, 1.807) is 11.9 Å². The Morgan fingerprint density at radius 1 is 1.29 bits per heavy atom. The van der Waals surface area contributed by atoms with E-state index < -0.39 is 5.97 Å². The lowest BCUT2D eigenvalue weighted by atomic mass is 10.1. The van der Waals surface area contributed by atoms with E-state index in [9.17, 15) is 9.59 Å². The number of hydrogen-bond acceptors (Lipinski definition) is 2. The van der Waals surface area contributed by atoms with Crippen molar-refractivity contribution in [3.05, 3.63) is 41.5 Å². The molecule has 1 aromatic rings. The van der Waals surface area contributed by atoms with Crippen LogP contribution in [0.4, 0.5) is 4.79 Å². The largest absolute Gasteiger partial charge is 0.481 e. The molecular weight excluding hydrogens is 268 g/mol. The second-order valence-electron chi connectivity index (χ2n) is 4.99. The van der Waals surface area contributed by atoms with Crippen molar-refractivity contribution < 1.29 is 14.7 Å². The molecule has 1 rings (SSSR count). The zero-order valence-corrected chi connectivity index (χ0v) is 12.5. The molecule has 1 aromatic carbocycles. The number of benzene rings is 1. The van der Waals surface area contributed by atoms with Gasteiger partial charge in [-0.2, -0.15) is 0 Å². The van der Waals surface area contributed by atoms with Crippen LogP contribution < -0.4 is 5.32 Å². The summed E-state index contributed by atoms with van der Waals surface area (Å²) in [5.74, 6) is -0.848. The van der Waals surface area contributed by atoms with Crippen molar-refractivity contribution >= 4 is 18.1 Å². The fourth-order valence-electron chi connectivity index (χ4n) is 1.90. The standard InChI is InChI=1S/C16H22N2O3/c1-13(11-14-7-4-3-5-8-14)12-18(2)16(21)17-10-6-9-15(19)20/h3-5,7-8,11H,6,9-10,12H2,1-2H3,(H,17,21)(H,19,20)/b13-11+. The summed E-state index contributed by atoms with van der Waals surface area (Å²) in [6, 6.07) is 9.73. The van der Waals surface area contributed by atoms with E-state index in [0.717, 1.165) is 11.1 Å². The van der Waals surface area contributed by atoms with Gasteiger partial charge in [-0.25, -0.2) is 4.79 Å². The highest BCUT2D eigenvalue weighted by atomic mass is 16.4. The molecule has 0 atom stereocenters. The van der Waals surface area contributed by atoms with Gasteiger partial charge in [-0.3, -0.25) is 4.79 Å². The Morgan fingerprint density at radius 3 is 2.57 bits per heavy atom. The number of hydrogen-bond donors (Lipinski definition) is 2. The molecule has 0 unspecified atom stereocenters. The smallest absolute Gasteiger partial charge is 0.317 e. The van der Waals surface area contributed by atoms with Gasteiger partial charge in [0.15, 0.2) is 0 Å². The number of carboxylic acid groups (broad SMARTS) is 1. The van der Waals surface area contributed by atoms with Gasteiger partial charge in [0.2, 0.25) is 0 Å². The van der Waals surface area contributed by atoms with Crippen LogP contribution in [0.3, 0.4) is 0 Å². The zero-order valence-electron chi connectivity index (χ0n) is 12.5. The number of aliphatic carboxylic acids is 1. The number of nitrogens with one attached hydrogen (secondary N) is 1. The summed E-state index contributed by atoms with van der Waals surface area (Å²) < 4.78 is 0. The van der Waals surface area contributed by atoms with Gasteiger partial charge in [0.25, 0.3) is 0 Å². The molecule has 21 heavy (non-hydrogen) atoms. The quantitative estimate of drug-likeness (QED) is 0.758. The third-order valence-corrected chi connectivity index (χ3v) is 2.89. The van der Waals surface area contributed by atoms with Crippen molar-refractivity contribution in [1.29, 1.82) is 0 Å². The molecule has 2 N–H and O–H groups in total. The lowest BCUT2D eigenvalue weighted by molar-refractivity contribution is -0.137. The average Bonchev–Trinajstić information content (AvgIpc) is 2.44. The number of carbonyl (C=O) groups is 2. The van der Waals surface area contributed by atoms with Crippen molar-refractivity contribution in [2.75, 3.05) is 20.1 Å². The summed E-state index contributed by atoms with van der Waals surface area (Å²) in [7, 11) is 1.72. The first-order valence-corrected chi connectivity index (χ1v) is 6.92. The summed E-state index contributed by atoms with van der Waals surface area (Å²) >= 11 is 0. The minimum atomic E-state index is -0.848. The molecule has 0 bridgehead atoms. The molecule has 2 amide bonds. The SMILES string of the molecule is C/C(=C\c1ccccc1)CN(C)C(=O)NCCCC(=O)O. The number of nitrogens with zero attached hydrogens (tertiary/aromatic N) is 1. The number of carbonyl (C=O) groups excluding carboxylic acids is 1. The Morgan fingerprint density at radius 2 is 1.95 bits per heavy atom. The number of amides is 2. The molecule has 0 aliphatic rings. The molecule has 0 aromatic heterocycles. The second-order valence-corrected chi connectivity index (χ2v) is 4.99. The van der Waals surface area contributed by atoms with Gasteiger partial charge in [0, 0.05) is 26.6 Å². The average molecular weight is 290 g/mol. The third kappa shape index (κ3) is 7.15. The minimum absolute atomic E-state index is 0.0664. The van der Waals surface area contributed by atoms with Gasteiger partial charge in [0.05, 0.1) is 0 Å². The maximum Gasteiger partial charge on any atom is 0.317 e. The molecule has 0 aliphatic heterocycles. The Labute approximate surface area is 125 Å². The van der Waals surface area contributed by atoms with Crippen LogP contribution in [0.2, 0.25) is 0 Å². The Hall–Kier alpha value is -2.30. The Bertz CT molecular complexity index is 498. The van der Waals surface area contributed by atoms with E-state index in [-0.39, 0.29) is 12.5 Å². The van der Waals surface area contributed by atoms with E-state index in [0.29, 0.717) is 19.5 Å². The lowest BCUT2D eigenvalue weighted by Gasteiger charge is -2.18. The van der Waals surface area contributed by atoms with E-state index in [1.807, 2.05) is 43.3 Å². The van der Waals surface area contributed by atoms with Gasteiger partial charge in [-0.1, -0.05) is 42.0 Å². The van der Waals surface area contributed by atoms with Crippen LogP contribution in [0.1, 0.15) is 25.3 Å². The van der Waals surface area contributed by atoms with E-state index in [1.165, 1.54) is 0 Å². The van der Waals surface area contributed by atoms with E-state index >= 15 is 0 Å². The molecule has 5 heteroatoms. The van der Waals surface area contributed by atoms with Gasteiger partial charge in [0.1, 0.15) is 0 Å². The molecule has 0 fully saturated rings. The summed E-state index contributed by atoms with van der Waals surface area (Å²) in [5.41, 5.74) is 2.18. The van der Waals surface area contributed by atoms with Crippen molar-refractivity contribution in [2.24, 2.45) is 0 Å². The molecule has 0 radical (unpaired) electrons. The van der Waals surface area contributed by atoms with E-state index in [4.69, 9.17) is 5.11 Å². The Balaban J connectivity index is 2.37. The van der Waals surface area contributed by atoms with Crippen molar-refractivity contribution in [2.45, 2.75) is 19.8 Å². The van der Waals surface area contributed by atoms with Crippen LogP contribution in [-0.4, -0.2) is 42.1 Å². The Kier molecular flexibility index (Phi) is 7.01. The molecule has 0 saturated carbocycles. The number of carboxylic acids is 1. The molecule has 114 valence electrons. The lowest BCUT2D eigenvalue weighted by Crippen LogP contribution is -2.38. The summed E-state index contributed by atoms with van der Waals surface area (Å²) in [5, 5.41) is 11.2. The second kappa shape index (κ2) is 8.79. The molecule has 0 saturated heterocycles. The van der Waals surface area contributed by atoms with Gasteiger partial charge in [-0.15, -0.1) is 0 Å². The fourth-order valence-corrected chi connectivity index (χ4v) is 1.90. The predicted octanol–water partition coefficient (Wildman–Crippen LogP) is 2.60. The molecule has 0 aliphatic carbocycles. The third-order valence-electron chi connectivity index (χ3n) is 2.89. The topological polar surface area (TPSA) is 69.6 Å². The number of likely N-dealkylation sites (N-methyl/N-ethyl adjacent to an activating group) is 1. The highest BCUT2D eigenvalue weighted by Crippen LogP contribution is 2.07. The van der Waals surface area contributed by atoms with Crippen LogP contribution in [-0.2, 0) is 4.79 Å². The van der Waals surface area contributed by atoms with Gasteiger partial charge < -0.3 is 15.3 Å². The first-order chi connectivity index (χ1) is 9.99. The van der Waals surface area contributed by atoms with E-state index in [2.05, 4.69) is 5.32 Å². The van der Waals surface area contributed by atoms with Crippen molar-refractivity contribution in [3.8, 4) is 0 Å². The fraction of sp³-hybridized carbons (Fsp3) is 0.375. The maximum absolute atomic E-state index is 11.8. The maximum atomic E-state index is 11.8. The summed E-state index contributed by atoms with van der Waals surface area (Å²) in [4.78, 5) is 23.8. The highest BCUT2D eigenvalue weighted by Gasteiger charge is 2.08. The normalized spacial score (nSPS) is 11.0. The highest BCUT2D eigenvalue weighted by molar-refractivity contribution is 5.74. The van der Waals surface area contributed by atoms with Crippen LogP contribution in [0.5, 0.6) is 0 Å². The number of urea groups is 1. The molecule has 0 spiro atoms. The summed E-state index contributed by atoms with van der Waals surface area (Å²) in [6.45, 7) is 2.87. The van der Waals surface area contributed by atoms with Crippen molar-refractivity contribution in [3.63, 3.8) is 0 Å². The van der Waals surface area contributed by atoms with Crippen LogP contribution in [0, 0.1) is 0 Å². The first-order valence-electron chi connectivity index (χ1n) is 6.92. The summed E-state index contributed by atoms with van der Waals surface area (Å²) in [6.07, 6.45) is 2.54. The minimum Gasteiger partial charge on any atom is -0.481 e. The van der Waals surface area contributed by atoms with Crippen LogP contribution in [0.15, 0.2) is 35.9 Å². The first kappa shape index (κ1) is 16.8. The van der Waals surface area contributed by atoms with Crippen LogP contribution >= 0.6 is 0 Å². The zero-order chi connectivity index (χ0) is 15.7. The van der Waals surface area contributed by atoms with Crippen LogP contribution in [0.25, 0.3) is 6.08 Å².